The number of fused-ring (bicyclic) bond motifs is 4. The largest absolute Gasteiger partial charge is 0.481 e. The molecule has 206 valence electrons. The lowest BCUT2D eigenvalue weighted by molar-refractivity contribution is -0.226. The molecule has 6 amide bonds. The summed E-state index contributed by atoms with van der Waals surface area (Å²) in [5, 5.41) is 18.7. The lowest BCUT2D eigenvalue weighted by Gasteiger charge is -2.73. The third kappa shape index (κ3) is 4.44. The Labute approximate surface area is 216 Å². The summed E-state index contributed by atoms with van der Waals surface area (Å²) in [5.41, 5.74) is -2.81. The van der Waals surface area contributed by atoms with Gasteiger partial charge < -0.3 is 20.0 Å². The predicted octanol–water partition coefficient (Wildman–Crippen LogP) is 2.07. The topological polar surface area (TPSA) is 156 Å². The van der Waals surface area contributed by atoms with Gasteiger partial charge in [-0.25, -0.2) is 9.59 Å². The zero-order chi connectivity index (χ0) is 27.9. The van der Waals surface area contributed by atoms with E-state index < -0.39 is 58.7 Å². The first-order chi connectivity index (χ1) is 17.2. The van der Waals surface area contributed by atoms with Crippen molar-refractivity contribution >= 4 is 35.8 Å². The van der Waals surface area contributed by atoms with Gasteiger partial charge in [0, 0.05) is 26.2 Å². The fourth-order valence-corrected chi connectivity index (χ4v) is 6.62. The van der Waals surface area contributed by atoms with Crippen LogP contribution in [0, 0.1) is 16.7 Å². The van der Waals surface area contributed by atoms with E-state index in [-0.39, 0.29) is 44.9 Å². The SMILES string of the molecule is CCCCCN1C(=O)N(CCC(=O)O)C2C(C)(C1=O)C1N(CCC(=O)O)C(=O)N(CC(C)C)C(=O)C21C. The fraction of sp³-hybridized carbons (Fsp3) is 0.760. The van der Waals surface area contributed by atoms with Crippen molar-refractivity contribution in [3.8, 4) is 0 Å². The van der Waals surface area contributed by atoms with Crippen molar-refractivity contribution in [3.63, 3.8) is 0 Å². The van der Waals surface area contributed by atoms with Crippen molar-refractivity contribution in [1.29, 1.82) is 0 Å². The molecule has 4 unspecified atom stereocenters. The molecule has 2 heterocycles. The number of hydrogen-bond acceptors (Lipinski definition) is 6. The summed E-state index contributed by atoms with van der Waals surface area (Å²) in [6.45, 7) is 8.68. The van der Waals surface area contributed by atoms with E-state index in [1.165, 1.54) is 9.80 Å². The maximum Gasteiger partial charge on any atom is 0.327 e. The van der Waals surface area contributed by atoms with E-state index in [2.05, 4.69) is 0 Å². The summed E-state index contributed by atoms with van der Waals surface area (Å²) in [6.07, 6.45) is 1.45. The number of amides is 6. The van der Waals surface area contributed by atoms with Gasteiger partial charge in [0.05, 0.1) is 35.8 Å². The number of carboxylic acid groups (broad SMARTS) is 2. The first kappa shape index (κ1) is 28.4. The molecular formula is C25H38N4O8. The van der Waals surface area contributed by atoms with Crippen LogP contribution >= 0.6 is 0 Å². The lowest BCUT2D eigenvalue weighted by Crippen LogP contribution is -2.91. The molecule has 2 aliphatic heterocycles. The average Bonchev–Trinajstić information content (AvgIpc) is 2.81. The normalized spacial score (nSPS) is 29.5. The number of carbonyl (C=O) groups excluding carboxylic acids is 4. The Balaban J connectivity index is 2.13. The Hall–Kier alpha value is -3.18. The minimum absolute atomic E-state index is 0.0763. The summed E-state index contributed by atoms with van der Waals surface area (Å²) in [6, 6.07) is -3.24. The second-order valence-corrected chi connectivity index (χ2v) is 11.1. The third-order valence-corrected chi connectivity index (χ3v) is 7.93. The molecule has 3 aliphatic rings. The van der Waals surface area contributed by atoms with Crippen LogP contribution in [0.1, 0.15) is 66.7 Å². The Bertz CT molecular complexity index is 989. The number of rotatable bonds is 12. The molecule has 37 heavy (non-hydrogen) atoms. The molecule has 3 fully saturated rings. The maximum atomic E-state index is 13.9. The van der Waals surface area contributed by atoms with Gasteiger partial charge in [-0.1, -0.05) is 33.6 Å². The molecule has 0 radical (unpaired) electrons. The molecule has 0 aromatic carbocycles. The Morgan fingerprint density at radius 2 is 1.22 bits per heavy atom. The first-order valence-electron chi connectivity index (χ1n) is 12.9. The molecule has 1 saturated carbocycles. The van der Waals surface area contributed by atoms with Gasteiger partial charge in [0.25, 0.3) is 0 Å². The van der Waals surface area contributed by atoms with Crippen molar-refractivity contribution in [2.45, 2.75) is 78.8 Å². The zero-order valence-corrected chi connectivity index (χ0v) is 22.2. The molecule has 4 atom stereocenters. The summed E-state index contributed by atoms with van der Waals surface area (Å²) in [4.78, 5) is 82.6. The van der Waals surface area contributed by atoms with Crippen LogP contribution < -0.4 is 0 Å². The summed E-state index contributed by atoms with van der Waals surface area (Å²) >= 11 is 0. The highest BCUT2D eigenvalue weighted by atomic mass is 16.4. The van der Waals surface area contributed by atoms with Gasteiger partial charge in [-0.15, -0.1) is 0 Å². The van der Waals surface area contributed by atoms with Gasteiger partial charge >= 0.3 is 24.0 Å². The fourth-order valence-electron chi connectivity index (χ4n) is 6.62. The van der Waals surface area contributed by atoms with E-state index in [4.69, 9.17) is 0 Å². The van der Waals surface area contributed by atoms with Crippen LogP contribution in [-0.2, 0) is 19.2 Å². The number of nitrogens with zero attached hydrogens (tertiary/aromatic N) is 4. The average molecular weight is 523 g/mol. The number of imide groups is 2. The van der Waals surface area contributed by atoms with Crippen LogP contribution in [-0.4, -0.2) is 104 Å². The predicted molar refractivity (Wildman–Crippen MR) is 130 cm³/mol. The standard InChI is InChI=1S/C25H38N4O8/c1-6-7-8-11-28-20(34)24(4)18(26(22(28)36)12-9-16(30)31)25(5)19(24)27(13-10-17(32)33)23(37)29(21(25)35)14-15(2)3/h15,18-19H,6-14H2,1-5H3,(H,30,31)(H,32,33). The summed E-state index contributed by atoms with van der Waals surface area (Å²) < 4.78 is 0. The second kappa shape index (κ2) is 10.3. The van der Waals surface area contributed by atoms with Crippen LogP contribution in [0.25, 0.3) is 0 Å². The third-order valence-electron chi connectivity index (χ3n) is 7.93. The Morgan fingerprint density at radius 3 is 1.62 bits per heavy atom. The van der Waals surface area contributed by atoms with E-state index >= 15 is 0 Å². The first-order valence-corrected chi connectivity index (χ1v) is 12.9. The second-order valence-electron chi connectivity index (χ2n) is 11.1. The molecule has 0 bridgehead atoms. The molecule has 2 N–H and O–H groups in total. The Morgan fingerprint density at radius 1 is 0.784 bits per heavy atom. The van der Waals surface area contributed by atoms with Crippen LogP contribution in [0.5, 0.6) is 0 Å². The summed E-state index contributed by atoms with van der Waals surface area (Å²) in [7, 11) is 0. The number of hydrogen-bond donors (Lipinski definition) is 2. The van der Waals surface area contributed by atoms with Gasteiger partial charge in [0.2, 0.25) is 11.8 Å². The highest BCUT2D eigenvalue weighted by molar-refractivity contribution is 6.09. The smallest absolute Gasteiger partial charge is 0.327 e. The Kier molecular flexibility index (Phi) is 7.90. The van der Waals surface area contributed by atoms with Gasteiger partial charge in [-0.2, -0.15) is 0 Å². The van der Waals surface area contributed by atoms with Crippen LogP contribution in [0.3, 0.4) is 0 Å². The van der Waals surface area contributed by atoms with Crippen molar-refractivity contribution < 1.29 is 39.0 Å². The molecule has 3 rings (SSSR count). The number of urea groups is 2. The maximum absolute atomic E-state index is 13.9. The molecule has 12 nitrogen and oxygen atoms in total. The van der Waals surface area contributed by atoms with Crippen molar-refractivity contribution in [2.75, 3.05) is 26.2 Å². The van der Waals surface area contributed by atoms with Gasteiger partial charge in [-0.3, -0.25) is 29.0 Å². The lowest BCUT2D eigenvalue weighted by atomic mass is 9.43. The quantitative estimate of drug-likeness (QED) is 0.369. The summed E-state index contributed by atoms with van der Waals surface area (Å²) in [5.74, 6) is -3.39. The van der Waals surface area contributed by atoms with Crippen LogP contribution in [0.15, 0.2) is 0 Å². The van der Waals surface area contributed by atoms with E-state index in [1.807, 2.05) is 20.8 Å². The monoisotopic (exact) mass is 522 g/mol. The number of carbonyl (C=O) groups is 6. The molecule has 1 aliphatic carbocycles. The van der Waals surface area contributed by atoms with Crippen molar-refractivity contribution in [3.05, 3.63) is 0 Å². The minimum atomic E-state index is -1.41. The van der Waals surface area contributed by atoms with Crippen LogP contribution in [0.4, 0.5) is 9.59 Å². The van der Waals surface area contributed by atoms with Crippen molar-refractivity contribution in [1.82, 2.24) is 19.6 Å². The highest BCUT2D eigenvalue weighted by Gasteiger charge is 2.82. The van der Waals surface area contributed by atoms with Gasteiger partial charge in [-0.05, 0) is 26.2 Å². The zero-order valence-electron chi connectivity index (χ0n) is 22.2. The molecule has 2 saturated heterocycles. The van der Waals surface area contributed by atoms with Gasteiger partial charge in [0.15, 0.2) is 0 Å². The van der Waals surface area contributed by atoms with E-state index in [1.54, 1.807) is 13.8 Å². The van der Waals surface area contributed by atoms with Gasteiger partial charge in [0.1, 0.15) is 0 Å². The highest BCUT2D eigenvalue weighted by Crippen LogP contribution is 2.64. The minimum Gasteiger partial charge on any atom is -0.481 e. The molecule has 0 aromatic rings. The molecule has 12 heteroatoms. The van der Waals surface area contributed by atoms with E-state index in [9.17, 15) is 39.0 Å². The molecular weight excluding hydrogens is 484 g/mol. The van der Waals surface area contributed by atoms with E-state index in [0.29, 0.717) is 6.42 Å². The van der Waals surface area contributed by atoms with E-state index in [0.717, 1.165) is 22.6 Å². The molecule has 0 aromatic heterocycles. The van der Waals surface area contributed by atoms with Crippen LogP contribution in [0.2, 0.25) is 0 Å². The number of aliphatic carboxylic acids is 2. The number of unbranched alkanes of at least 4 members (excludes halogenated alkanes) is 2. The molecule has 0 spiro atoms. The number of carboxylic acids is 2. The van der Waals surface area contributed by atoms with Crippen molar-refractivity contribution in [2.24, 2.45) is 16.7 Å².